The van der Waals surface area contributed by atoms with Crippen LogP contribution in [0.2, 0.25) is 0 Å². The van der Waals surface area contributed by atoms with Crippen LogP contribution in [0.5, 0.6) is 0 Å². The highest BCUT2D eigenvalue weighted by Crippen LogP contribution is 2.32. The minimum atomic E-state index is -0.305. The molecule has 3 rings (SSSR count). The van der Waals surface area contributed by atoms with Gasteiger partial charge in [0.15, 0.2) is 0 Å². The number of rotatable bonds is 4. The lowest BCUT2D eigenvalue weighted by molar-refractivity contribution is 0.111. The number of nitrogens with one attached hydrogen (secondary N) is 2. The van der Waals surface area contributed by atoms with Gasteiger partial charge in [-0.2, -0.15) is 0 Å². The van der Waals surface area contributed by atoms with Crippen LogP contribution in [0, 0.1) is 0 Å². The molecule has 7 nitrogen and oxygen atoms in total. The highest BCUT2D eigenvalue weighted by molar-refractivity contribution is 5.91. The van der Waals surface area contributed by atoms with E-state index in [0.29, 0.717) is 0 Å². The van der Waals surface area contributed by atoms with Gasteiger partial charge in [-0.15, -0.1) is 0 Å². The molecule has 2 heterocycles. The molecule has 0 saturated carbocycles. The largest absolute Gasteiger partial charge is 0.365 e. The van der Waals surface area contributed by atoms with Crippen LogP contribution in [0.25, 0.3) is 0 Å². The number of carbonyl (C=O) groups excluding carboxylic acids is 1. The quantitative estimate of drug-likeness (QED) is 0.843. The zero-order valence-electron chi connectivity index (χ0n) is 12.7. The summed E-state index contributed by atoms with van der Waals surface area (Å²) in [7, 11) is 3.13. The molecule has 0 atom stereocenters. The molecule has 2 aromatic rings. The third-order valence-electron chi connectivity index (χ3n) is 3.86. The molecular weight excluding hydrogens is 282 g/mol. The van der Waals surface area contributed by atoms with Gasteiger partial charge in [0.2, 0.25) is 0 Å². The Balaban J connectivity index is 1.81. The predicted octanol–water partition coefficient (Wildman–Crippen LogP) is 1.68. The number of amides is 2. The molecule has 1 aliphatic rings. The summed E-state index contributed by atoms with van der Waals surface area (Å²) >= 11 is 0. The Morgan fingerprint density at radius 3 is 3.14 bits per heavy atom. The molecule has 0 radical (unpaired) electrons. The number of aromatic amines is 1. The zero-order valence-corrected chi connectivity index (χ0v) is 12.7. The fourth-order valence-corrected chi connectivity index (χ4v) is 2.66. The number of fused-ring (bicyclic) bond motifs is 1. The van der Waals surface area contributed by atoms with E-state index < -0.39 is 0 Å². The predicted molar refractivity (Wildman–Crippen MR) is 83.7 cm³/mol. The van der Waals surface area contributed by atoms with Gasteiger partial charge in [-0.05, 0) is 24.1 Å². The maximum Gasteiger partial charge on any atom is 0.345 e. The number of hydroxylamine groups is 1. The van der Waals surface area contributed by atoms with Crippen molar-refractivity contribution in [1.29, 1.82) is 0 Å². The van der Waals surface area contributed by atoms with Gasteiger partial charge in [-0.3, -0.25) is 9.74 Å². The first-order valence-electron chi connectivity index (χ1n) is 7.11. The van der Waals surface area contributed by atoms with Gasteiger partial charge in [-0.25, -0.2) is 15.3 Å². The lowest BCUT2D eigenvalue weighted by Crippen LogP contribution is -2.36. The van der Waals surface area contributed by atoms with Crippen molar-refractivity contribution in [3.05, 3.63) is 42.0 Å². The molecule has 7 heteroatoms. The van der Waals surface area contributed by atoms with Crippen LogP contribution >= 0.6 is 0 Å². The number of imidazole rings is 1. The van der Waals surface area contributed by atoms with Crippen LogP contribution in [-0.2, 0) is 17.8 Å². The second-order valence-electron chi connectivity index (χ2n) is 5.23. The Kier molecular flexibility index (Phi) is 3.97. The summed E-state index contributed by atoms with van der Waals surface area (Å²) in [5, 5.41) is 0. The number of urea groups is 1. The molecule has 0 bridgehead atoms. The van der Waals surface area contributed by atoms with E-state index in [9.17, 15) is 4.79 Å². The van der Waals surface area contributed by atoms with Gasteiger partial charge < -0.3 is 9.88 Å². The molecule has 0 saturated heterocycles. The van der Waals surface area contributed by atoms with Crippen molar-refractivity contribution in [3.8, 4) is 0 Å². The van der Waals surface area contributed by atoms with Gasteiger partial charge in [0.05, 0.1) is 25.7 Å². The van der Waals surface area contributed by atoms with E-state index in [1.54, 1.807) is 13.4 Å². The molecule has 0 fully saturated rings. The van der Waals surface area contributed by atoms with E-state index in [2.05, 4.69) is 31.3 Å². The van der Waals surface area contributed by atoms with Crippen LogP contribution in [-0.4, -0.2) is 36.7 Å². The average Bonchev–Trinajstić information content (AvgIpc) is 3.17. The lowest BCUT2D eigenvalue weighted by atomic mass is 10.1. The molecule has 116 valence electrons. The number of hydrogen-bond donors (Lipinski definition) is 2. The van der Waals surface area contributed by atoms with Crippen molar-refractivity contribution in [3.63, 3.8) is 0 Å². The number of benzene rings is 1. The first-order chi connectivity index (χ1) is 10.7. The minimum Gasteiger partial charge on any atom is -0.365 e. The highest BCUT2D eigenvalue weighted by atomic mass is 16.6. The van der Waals surface area contributed by atoms with E-state index in [-0.39, 0.29) is 6.03 Å². The third kappa shape index (κ3) is 2.75. The van der Waals surface area contributed by atoms with Crippen LogP contribution in [0.15, 0.2) is 30.7 Å². The van der Waals surface area contributed by atoms with Crippen LogP contribution in [0.3, 0.4) is 0 Å². The molecular formula is C15H19N5O2. The third-order valence-corrected chi connectivity index (χ3v) is 3.86. The van der Waals surface area contributed by atoms with Crippen molar-refractivity contribution in [2.45, 2.75) is 13.0 Å². The van der Waals surface area contributed by atoms with Crippen molar-refractivity contribution in [2.24, 2.45) is 0 Å². The summed E-state index contributed by atoms with van der Waals surface area (Å²) in [5.41, 5.74) is 6.67. The summed E-state index contributed by atoms with van der Waals surface area (Å²) < 4.78 is 0. The van der Waals surface area contributed by atoms with Gasteiger partial charge in [-0.1, -0.05) is 6.07 Å². The molecule has 1 aromatic heterocycles. The molecule has 2 N–H and O–H groups in total. The molecule has 1 aliphatic heterocycles. The van der Waals surface area contributed by atoms with Crippen molar-refractivity contribution < 1.29 is 9.63 Å². The fraction of sp³-hybridized carbons (Fsp3) is 0.333. The molecule has 22 heavy (non-hydrogen) atoms. The number of aromatic nitrogens is 2. The molecule has 0 spiro atoms. The number of nitrogens with zero attached hydrogens (tertiary/aromatic N) is 3. The first-order valence-corrected chi connectivity index (χ1v) is 7.11. The monoisotopic (exact) mass is 301 g/mol. The Labute approximate surface area is 128 Å². The molecule has 0 unspecified atom stereocenters. The average molecular weight is 301 g/mol. The summed E-state index contributed by atoms with van der Waals surface area (Å²) in [6.07, 6.45) is 4.53. The number of carbonyl (C=O) groups is 1. The van der Waals surface area contributed by atoms with E-state index in [0.717, 1.165) is 36.6 Å². The summed E-state index contributed by atoms with van der Waals surface area (Å²) in [5.74, 6) is 0. The Bertz CT molecular complexity index is 656. The lowest BCUT2D eigenvalue weighted by Gasteiger charge is -2.22. The zero-order chi connectivity index (χ0) is 15.5. The minimum absolute atomic E-state index is 0.305. The second-order valence-corrected chi connectivity index (χ2v) is 5.23. The normalized spacial score (nSPS) is 13.1. The van der Waals surface area contributed by atoms with Gasteiger partial charge in [0.1, 0.15) is 0 Å². The highest BCUT2D eigenvalue weighted by Gasteiger charge is 2.21. The van der Waals surface area contributed by atoms with Gasteiger partial charge >= 0.3 is 6.03 Å². The van der Waals surface area contributed by atoms with Crippen LogP contribution in [0.1, 0.15) is 11.3 Å². The van der Waals surface area contributed by atoms with E-state index >= 15 is 0 Å². The summed E-state index contributed by atoms with van der Waals surface area (Å²) in [4.78, 5) is 27.5. The molecule has 1 aromatic carbocycles. The second kappa shape index (κ2) is 6.07. The SMILES string of the molecule is CONC(=O)N(C)c1ccc2c(c1)N(Cc1cnc[nH]1)CC2. The fourth-order valence-electron chi connectivity index (χ4n) is 2.66. The van der Waals surface area contributed by atoms with Crippen molar-refractivity contribution in [2.75, 3.05) is 30.5 Å². The van der Waals surface area contributed by atoms with Crippen LogP contribution in [0.4, 0.5) is 16.2 Å². The Morgan fingerprint density at radius 1 is 1.55 bits per heavy atom. The summed E-state index contributed by atoms with van der Waals surface area (Å²) in [6.45, 7) is 1.75. The number of anilines is 2. The van der Waals surface area contributed by atoms with Gasteiger partial charge in [0, 0.05) is 31.2 Å². The number of H-pyrrole nitrogens is 1. The van der Waals surface area contributed by atoms with Crippen molar-refractivity contribution in [1.82, 2.24) is 15.4 Å². The smallest absolute Gasteiger partial charge is 0.345 e. The summed E-state index contributed by atoms with van der Waals surface area (Å²) in [6, 6.07) is 5.76. The standard InChI is InChI=1S/C15H19N5O2/c1-19(15(21)18-22-2)13-4-3-11-5-6-20(14(11)7-13)9-12-8-16-10-17-12/h3-4,7-8,10H,5-6,9H2,1-2H3,(H,16,17)(H,18,21). The molecule has 2 amide bonds. The maximum atomic E-state index is 11.8. The molecule has 0 aliphatic carbocycles. The first kappa shape index (κ1) is 14.4. The van der Waals surface area contributed by atoms with E-state index in [4.69, 9.17) is 0 Å². The topological polar surface area (TPSA) is 73.5 Å². The Hall–Kier alpha value is -2.54. The van der Waals surface area contributed by atoms with Gasteiger partial charge in [0.25, 0.3) is 0 Å². The maximum absolute atomic E-state index is 11.8. The Morgan fingerprint density at radius 2 is 2.41 bits per heavy atom. The van der Waals surface area contributed by atoms with Crippen molar-refractivity contribution >= 4 is 17.4 Å². The number of hydrogen-bond acceptors (Lipinski definition) is 4. The van der Waals surface area contributed by atoms with E-state index in [1.165, 1.54) is 17.6 Å². The van der Waals surface area contributed by atoms with E-state index in [1.807, 2.05) is 18.3 Å². The van der Waals surface area contributed by atoms with Crippen LogP contribution < -0.4 is 15.3 Å².